The van der Waals surface area contributed by atoms with Crippen LogP contribution in [0.4, 0.5) is 0 Å². The molecular formula is C19H26N4O2. The topological polar surface area (TPSA) is 69.0 Å². The van der Waals surface area contributed by atoms with Crippen LogP contribution in [0.5, 0.6) is 5.75 Å². The molecule has 2 aromatic rings. The molecule has 1 aromatic carbocycles. The molecule has 25 heavy (non-hydrogen) atoms. The van der Waals surface area contributed by atoms with Gasteiger partial charge in [-0.15, -0.1) is 10.2 Å². The summed E-state index contributed by atoms with van der Waals surface area (Å²) in [6.45, 7) is 5.50. The van der Waals surface area contributed by atoms with Gasteiger partial charge in [-0.25, -0.2) is 0 Å². The molecule has 1 aliphatic heterocycles. The molecule has 0 saturated carbocycles. The smallest absolute Gasteiger partial charge is 0.224 e. The molecule has 0 saturated heterocycles. The molecule has 1 N–H and O–H groups in total. The highest BCUT2D eigenvalue weighted by molar-refractivity contribution is 5.78. The van der Waals surface area contributed by atoms with E-state index in [0.717, 1.165) is 48.8 Å². The predicted octanol–water partition coefficient (Wildman–Crippen LogP) is 2.82. The lowest BCUT2D eigenvalue weighted by molar-refractivity contribution is -0.121. The number of carbonyl (C=O) groups excluding carboxylic acids is 1. The molecule has 0 unspecified atom stereocenters. The third-order valence-corrected chi connectivity index (χ3v) is 4.50. The standard InChI is InChI=1S/C19H26N4O2/c1-3-25-16-10-8-15(9-11-16)13-18(24)20-14(2)19-22-21-17-7-5-4-6-12-23(17)19/h8-11,14H,3-7,12-13H2,1-2H3,(H,20,24)/t14-/m1/s1. The maximum Gasteiger partial charge on any atom is 0.224 e. The van der Waals surface area contributed by atoms with E-state index in [9.17, 15) is 4.79 Å². The summed E-state index contributed by atoms with van der Waals surface area (Å²) in [7, 11) is 0. The fourth-order valence-corrected chi connectivity index (χ4v) is 3.24. The van der Waals surface area contributed by atoms with E-state index in [1.807, 2.05) is 38.1 Å². The predicted molar refractivity (Wildman–Crippen MR) is 95.4 cm³/mol. The first-order chi connectivity index (χ1) is 12.2. The summed E-state index contributed by atoms with van der Waals surface area (Å²) in [5.41, 5.74) is 0.966. The molecule has 1 aromatic heterocycles. The van der Waals surface area contributed by atoms with E-state index in [0.29, 0.717) is 13.0 Å². The van der Waals surface area contributed by atoms with Crippen LogP contribution in [0.15, 0.2) is 24.3 Å². The summed E-state index contributed by atoms with van der Waals surface area (Å²) in [5, 5.41) is 11.7. The van der Waals surface area contributed by atoms with Crippen LogP contribution < -0.4 is 10.1 Å². The number of hydrogen-bond acceptors (Lipinski definition) is 4. The Morgan fingerprint density at radius 1 is 1.24 bits per heavy atom. The third-order valence-electron chi connectivity index (χ3n) is 4.50. The monoisotopic (exact) mass is 342 g/mol. The van der Waals surface area contributed by atoms with Crippen molar-refractivity contribution in [3.8, 4) is 5.75 Å². The Balaban J connectivity index is 1.60. The Kier molecular flexibility index (Phi) is 5.68. The Bertz CT molecular complexity index is 709. The van der Waals surface area contributed by atoms with Gasteiger partial charge in [0.05, 0.1) is 19.1 Å². The van der Waals surface area contributed by atoms with E-state index in [2.05, 4.69) is 20.1 Å². The first kappa shape index (κ1) is 17.5. The molecule has 0 bridgehead atoms. The zero-order valence-electron chi connectivity index (χ0n) is 15.0. The second-order valence-electron chi connectivity index (χ2n) is 6.48. The lowest BCUT2D eigenvalue weighted by Crippen LogP contribution is -2.30. The molecule has 0 radical (unpaired) electrons. The van der Waals surface area contributed by atoms with E-state index in [4.69, 9.17) is 4.74 Å². The second kappa shape index (κ2) is 8.14. The largest absolute Gasteiger partial charge is 0.494 e. The van der Waals surface area contributed by atoms with Crippen LogP contribution >= 0.6 is 0 Å². The Morgan fingerprint density at radius 2 is 2.04 bits per heavy atom. The SMILES string of the molecule is CCOc1ccc(CC(=O)N[C@H](C)c2nnc3n2CCCCC3)cc1. The van der Waals surface area contributed by atoms with Crippen LogP contribution in [0, 0.1) is 0 Å². The lowest BCUT2D eigenvalue weighted by atomic mass is 10.1. The van der Waals surface area contributed by atoms with Crippen molar-refractivity contribution in [2.75, 3.05) is 6.61 Å². The number of amides is 1. The fourth-order valence-electron chi connectivity index (χ4n) is 3.24. The van der Waals surface area contributed by atoms with Gasteiger partial charge in [0, 0.05) is 13.0 Å². The summed E-state index contributed by atoms with van der Waals surface area (Å²) in [5.74, 6) is 2.71. The van der Waals surface area contributed by atoms with Gasteiger partial charge in [0.25, 0.3) is 0 Å². The number of carbonyl (C=O) groups is 1. The van der Waals surface area contributed by atoms with Gasteiger partial charge in [-0.2, -0.15) is 0 Å². The second-order valence-corrected chi connectivity index (χ2v) is 6.48. The summed E-state index contributed by atoms with van der Waals surface area (Å²) >= 11 is 0. The van der Waals surface area contributed by atoms with Crippen LogP contribution in [0.1, 0.15) is 56.4 Å². The Labute approximate surface area is 148 Å². The number of ether oxygens (including phenoxy) is 1. The van der Waals surface area contributed by atoms with Crippen molar-refractivity contribution < 1.29 is 9.53 Å². The van der Waals surface area contributed by atoms with Crippen LogP contribution in [0.3, 0.4) is 0 Å². The molecule has 1 atom stereocenters. The molecular weight excluding hydrogens is 316 g/mol. The Morgan fingerprint density at radius 3 is 2.80 bits per heavy atom. The molecule has 0 aliphatic carbocycles. The first-order valence-electron chi connectivity index (χ1n) is 9.10. The molecule has 1 aliphatic rings. The van der Waals surface area contributed by atoms with Crippen molar-refractivity contribution in [2.24, 2.45) is 0 Å². The maximum atomic E-state index is 12.4. The molecule has 0 spiro atoms. The first-order valence-corrected chi connectivity index (χ1v) is 9.10. The van der Waals surface area contributed by atoms with Crippen LogP contribution in [0.2, 0.25) is 0 Å². The molecule has 0 fully saturated rings. The lowest BCUT2D eigenvalue weighted by Gasteiger charge is -2.15. The third kappa shape index (κ3) is 4.38. The van der Waals surface area contributed by atoms with E-state index in [-0.39, 0.29) is 11.9 Å². The van der Waals surface area contributed by atoms with Gasteiger partial charge in [-0.1, -0.05) is 18.6 Å². The van der Waals surface area contributed by atoms with Gasteiger partial charge in [0.2, 0.25) is 5.91 Å². The average molecular weight is 342 g/mol. The fraction of sp³-hybridized carbons (Fsp3) is 0.526. The number of nitrogens with one attached hydrogen (secondary N) is 1. The van der Waals surface area contributed by atoms with Crippen molar-refractivity contribution >= 4 is 5.91 Å². The van der Waals surface area contributed by atoms with Gasteiger partial charge < -0.3 is 14.6 Å². The normalized spacial score (nSPS) is 15.1. The van der Waals surface area contributed by atoms with Crippen molar-refractivity contribution in [3.05, 3.63) is 41.5 Å². The minimum atomic E-state index is -0.144. The molecule has 2 heterocycles. The van der Waals surface area contributed by atoms with Gasteiger partial charge in [-0.05, 0) is 44.4 Å². The van der Waals surface area contributed by atoms with E-state index in [1.54, 1.807) is 0 Å². The van der Waals surface area contributed by atoms with Crippen molar-refractivity contribution in [3.63, 3.8) is 0 Å². The number of aryl methyl sites for hydroxylation is 1. The zero-order valence-corrected chi connectivity index (χ0v) is 15.0. The van der Waals surface area contributed by atoms with E-state index in [1.165, 1.54) is 6.42 Å². The number of benzene rings is 1. The highest BCUT2D eigenvalue weighted by atomic mass is 16.5. The molecule has 134 valence electrons. The van der Waals surface area contributed by atoms with Gasteiger partial charge in [0.1, 0.15) is 11.6 Å². The van der Waals surface area contributed by atoms with Crippen molar-refractivity contribution in [1.29, 1.82) is 0 Å². The number of nitrogens with zero attached hydrogens (tertiary/aromatic N) is 3. The number of fused-ring (bicyclic) bond motifs is 1. The molecule has 3 rings (SSSR count). The number of rotatable bonds is 6. The average Bonchev–Trinajstić information content (AvgIpc) is 2.86. The summed E-state index contributed by atoms with van der Waals surface area (Å²) in [6.07, 6.45) is 4.85. The van der Waals surface area contributed by atoms with Gasteiger partial charge in [0.15, 0.2) is 5.82 Å². The van der Waals surface area contributed by atoms with Crippen molar-refractivity contribution in [2.45, 2.75) is 58.5 Å². The van der Waals surface area contributed by atoms with Crippen molar-refractivity contribution in [1.82, 2.24) is 20.1 Å². The number of hydrogen-bond donors (Lipinski definition) is 1. The summed E-state index contributed by atoms with van der Waals surface area (Å²) in [6, 6.07) is 7.51. The highest BCUT2D eigenvalue weighted by Gasteiger charge is 2.20. The zero-order chi connectivity index (χ0) is 17.6. The highest BCUT2D eigenvalue weighted by Crippen LogP contribution is 2.19. The van der Waals surface area contributed by atoms with Crippen LogP contribution in [-0.4, -0.2) is 27.3 Å². The van der Waals surface area contributed by atoms with Crippen LogP contribution in [0.25, 0.3) is 0 Å². The summed E-state index contributed by atoms with van der Waals surface area (Å²) in [4.78, 5) is 12.4. The minimum Gasteiger partial charge on any atom is -0.494 e. The molecule has 1 amide bonds. The summed E-state index contributed by atoms with van der Waals surface area (Å²) < 4.78 is 7.60. The number of aromatic nitrogens is 3. The molecule has 6 nitrogen and oxygen atoms in total. The van der Waals surface area contributed by atoms with Gasteiger partial charge >= 0.3 is 0 Å². The Hall–Kier alpha value is -2.37. The molecule has 6 heteroatoms. The quantitative estimate of drug-likeness (QED) is 0.876. The van der Waals surface area contributed by atoms with Crippen LogP contribution in [-0.2, 0) is 24.2 Å². The van der Waals surface area contributed by atoms with E-state index < -0.39 is 0 Å². The van der Waals surface area contributed by atoms with Gasteiger partial charge in [-0.3, -0.25) is 4.79 Å². The van der Waals surface area contributed by atoms with E-state index >= 15 is 0 Å². The minimum absolute atomic E-state index is 0.0115. The maximum absolute atomic E-state index is 12.4.